The summed E-state index contributed by atoms with van der Waals surface area (Å²) in [6.45, 7) is 6.80. The number of hydrogen-bond donors (Lipinski definition) is 0. The monoisotopic (exact) mass is 269 g/mol. The quantitative estimate of drug-likeness (QED) is 0.837. The Balaban J connectivity index is 1.86. The van der Waals surface area contributed by atoms with Crippen LogP contribution in [0, 0.1) is 31.1 Å². The van der Waals surface area contributed by atoms with Gasteiger partial charge in [0.1, 0.15) is 0 Å². The first kappa shape index (κ1) is 13.1. The molecule has 0 radical (unpaired) electrons. The van der Waals surface area contributed by atoms with Crippen LogP contribution in [-0.2, 0) is 6.54 Å². The average Bonchev–Trinajstić information content (AvgIpc) is 2.82. The van der Waals surface area contributed by atoms with Crippen molar-refractivity contribution in [2.75, 3.05) is 13.1 Å². The molecule has 0 amide bonds. The molecule has 20 heavy (non-hydrogen) atoms. The second-order valence-corrected chi connectivity index (χ2v) is 5.65. The molecule has 0 aliphatic carbocycles. The maximum absolute atomic E-state index is 9.07. The third-order valence-corrected chi connectivity index (χ3v) is 3.93. The lowest BCUT2D eigenvalue weighted by Gasteiger charge is -2.28. The standard InChI is InChI=1S/C15H19N5/c1-11-6-12(2)20-15(18-11)14(8-17-20)10-19-5-3-4-13(7-16)9-19/h6,8,13H,3-5,9-10H2,1-2H3/t13-/m0/s1. The van der Waals surface area contributed by atoms with Crippen molar-refractivity contribution >= 4 is 5.65 Å². The number of piperidine rings is 1. The van der Waals surface area contributed by atoms with Gasteiger partial charge in [-0.05, 0) is 39.3 Å². The molecule has 0 unspecified atom stereocenters. The highest BCUT2D eigenvalue weighted by atomic mass is 15.3. The molecule has 1 saturated heterocycles. The Kier molecular flexibility index (Phi) is 3.41. The molecule has 0 N–H and O–H groups in total. The van der Waals surface area contributed by atoms with Gasteiger partial charge >= 0.3 is 0 Å². The van der Waals surface area contributed by atoms with E-state index in [1.54, 1.807) is 0 Å². The Morgan fingerprint density at radius 3 is 3.10 bits per heavy atom. The molecule has 2 aromatic rings. The van der Waals surface area contributed by atoms with E-state index in [4.69, 9.17) is 5.26 Å². The van der Waals surface area contributed by atoms with E-state index < -0.39 is 0 Å². The fourth-order valence-electron chi connectivity index (χ4n) is 2.97. The molecule has 0 aromatic carbocycles. The highest BCUT2D eigenvalue weighted by Crippen LogP contribution is 2.20. The molecular formula is C15H19N5. The van der Waals surface area contributed by atoms with Crippen LogP contribution in [0.25, 0.3) is 5.65 Å². The van der Waals surface area contributed by atoms with Crippen LogP contribution in [0.1, 0.15) is 29.8 Å². The summed E-state index contributed by atoms with van der Waals surface area (Å²) in [5.74, 6) is 0.169. The van der Waals surface area contributed by atoms with Crippen LogP contribution < -0.4 is 0 Å². The highest BCUT2D eigenvalue weighted by molar-refractivity contribution is 5.47. The van der Waals surface area contributed by atoms with Gasteiger partial charge in [0, 0.05) is 30.0 Å². The first-order valence-electron chi connectivity index (χ1n) is 7.10. The highest BCUT2D eigenvalue weighted by Gasteiger charge is 2.21. The molecule has 0 spiro atoms. The summed E-state index contributed by atoms with van der Waals surface area (Å²) in [6.07, 6.45) is 4.03. The minimum absolute atomic E-state index is 0.169. The third kappa shape index (κ3) is 2.39. The average molecular weight is 269 g/mol. The Hall–Kier alpha value is -1.93. The van der Waals surface area contributed by atoms with Crippen molar-refractivity contribution in [2.45, 2.75) is 33.2 Å². The minimum atomic E-state index is 0.169. The Morgan fingerprint density at radius 1 is 1.45 bits per heavy atom. The van der Waals surface area contributed by atoms with Crippen LogP contribution in [-0.4, -0.2) is 32.6 Å². The molecule has 0 bridgehead atoms. The summed E-state index contributed by atoms with van der Waals surface area (Å²) in [5.41, 5.74) is 4.22. The number of aromatic nitrogens is 3. The van der Waals surface area contributed by atoms with E-state index in [0.717, 1.165) is 55.1 Å². The molecule has 1 aliphatic rings. The summed E-state index contributed by atoms with van der Waals surface area (Å²) < 4.78 is 1.90. The van der Waals surface area contributed by atoms with Gasteiger partial charge < -0.3 is 0 Å². The van der Waals surface area contributed by atoms with E-state index in [9.17, 15) is 0 Å². The lowest BCUT2D eigenvalue weighted by atomic mass is 9.99. The second kappa shape index (κ2) is 5.22. The number of hydrogen-bond acceptors (Lipinski definition) is 4. The van der Waals surface area contributed by atoms with Gasteiger partial charge in [-0.3, -0.25) is 4.90 Å². The largest absolute Gasteiger partial charge is 0.298 e. The number of rotatable bonds is 2. The third-order valence-electron chi connectivity index (χ3n) is 3.93. The number of aryl methyl sites for hydroxylation is 2. The van der Waals surface area contributed by atoms with Gasteiger partial charge in [-0.2, -0.15) is 10.4 Å². The molecule has 0 saturated carbocycles. The van der Waals surface area contributed by atoms with Gasteiger partial charge in [-0.25, -0.2) is 9.50 Å². The van der Waals surface area contributed by atoms with Crippen molar-refractivity contribution in [3.05, 3.63) is 29.2 Å². The van der Waals surface area contributed by atoms with Crippen molar-refractivity contribution in [1.29, 1.82) is 5.26 Å². The summed E-state index contributed by atoms with van der Waals surface area (Å²) in [6, 6.07) is 4.43. The SMILES string of the molecule is Cc1cc(C)n2ncc(CN3CCC[C@@H](C#N)C3)c2n1. The zero-order valence-corrected chi connectivity index (χ0v) is 12.0. The number of fused-ring (bicyclic) bond motifs is 1. The fourth-order valence-corrected chi connectivity index (χ4v) is 2.97. The zero-order chi connectivity index (χ0) is 14.1. The molecule has 3 rings (SSSR count). The van der Waals surface area contributed by atoms with Crippen molar-refractivity contribution in [3.8, 4) is 6.07 Å². The van der Waals surface area contributed by atoms with Gasteiger partial charge in [-0.15, -0.1) is 0 Å². The lowest BCUT2D eigenvalue weighted by Crippen LogP contribution is -2.34. The van der Waals surface area contributed by atoms with Crippen LogP contribution >= 0.6 is 0 Å². The van der Waals surface area contributed by atoms with Gasteiger partial charge in [0.05, 0.1) is 18.2 Å². The number of nitriles is 1. The molecule has 104 valence electrons. The van der Waals surface area contributed by atoms with E-state index in [1.807, 2.05) is 30.6 Å². The smallest absolute Gasteiger partial charge is 0.159 e. The summed E-state index contributed by atoms with van der Waals surface area (Å²) in [4.78, 5) is 6.95. The normalized spacial score (nSPS) is 20.1. The summed E-state index contributed by atoms with van der Waals surface area (Å²) in [7, 11) is 0. The Bertz CT molecular complexity index is 667. The first-order chi connectivity index (χ1) is 9.67. The molecule has 1 fully saturated rings. The van der Waals surface area contributed by atoms with Crippen LogP contribution in [0.15, 0.2) is 12.3 Å². The van der Waals surface area contributed by atoms with Crippen molar-refractivity contribution < 1.29 is 0 Å². The summed E-state index contributed by atoms with van der Waals surface area (Å²) in [5, 5.41) is 13.5. The molecule has 5 heteroatoms. The Labute approximate surface area is 118 Å². The Morgan fingerprint density at radius 2 is 2.30 bits per heavy atom. The van der Waals surface area contributed by atoms with E-state index in [0.29, 0.717) is 0 Å². The maximum Gasteiger partial charge on any atom is 0.159 e. The first-order valence-corrected chi connectivity index (χ1v) is 7.10. The zero-order valence-electron chi connectivity index (χ0n) is 12.0. The molecule has 5 nitrogen and oxygen atoms in total. The topological polar surface area (TPSA) is 57.2 Å². The van der Waals surface area contributed by atoms with Crippen molar-refractivity contribution in [2.24, 2.45) is 5.92 Å². The van der Waals surface area contributed by atoms with Crippen molar-refractivity contribution in [1.82, 2.24) is 19.5 Å². The van der Waals surface area contributed by atoms with Gasteiger partial charge in [-0.1, -0.05) is 0 Å². The van der Waals surface area contributed by atoms with Gasteiger partial charge in [0.25, 0.3) is 0 Å². The van der Waals surface area contributed by atoms with E-state index in [2.05, 4.69) is 21.1 Å². The fraction of sp³-hybridized carbons (Fsp3) is 0.533. The molecule has 2 aromatic heterocycles. The maximum atomic E-state index is 9.07. The van der Waals surface area contributed by atoms with Gasteiger partial charge in [0.15, 0.2) is 5.65 Å². The molecular weight excluding hydrogens is 250 g/mol. The van der Waals surface area contributed by atoms with Crippen LogP contribution in [0.3, 0.4) is 0 Å². The van der Waals surface area contributed by atoms with E-state index >= 15 is 0 Å². The number of nitrogens with zero attached hydrogens (tertiary/aromatic N) is 5. The van der Waals surface area contributed by atoms with Crippen LogP contribution in [0.4, 0.5) is 0 Å². The van der Waals surface area contributed by atoms with Crippen LogP contribution in [0.5, 0.6) is 0 Å². The van der Waals surface area contributed by atoms with E-state index in [1.165, 1.54) is 0 Å². The second-order valence-electron chi connectivity index (χ2n) is 5.65. The van der Waals surface area contributed by atoms with Crippen molar-refractivity contribution in [3.63, 3.8) is 0 Å². The lowest BCUT2D eigenvalue weighted by molar-refractivity contribution is 0.192. The van der Waals surface area contributed by atoms with Crippen LogP contribution in [0.2, 0.25) is 0 Å². The van der Waals surface area contributed by atoms with Gasteiger partial charge in [0.2, 0.25) is 0 Å². The van der Waals surface area contributed by atoms with E-state index in [-0.39, 0.29) is 5.92 Å². The molecule has 1 aliphatic heterocycles. The molecule has 1 atom stereocenters. The summed E-state index contributed by atoms with van der Waals surface area (Å²) >= 11 is 0. The molecule has 3 heterocycles. The number of likely N-dealkylation sites (tertiary alicyclic amines) is 1. The predicted octanol–water partition coefficient (Wildman–Crippen LogP) is 2.08. The minimum Gasteiger partial charge on any atom is -0.298 e. The predicted molar refractivity (Wildman–Crippen MR) is 76.1 cm³/mol.